The number of benzene rings is 1. The van der Waals surface area contributed by atoms with E-state index in [0.717, 1.165) is 31.5 Å². The number of aryl methyl sites for hydroxylation is 1. The molecular weight excluding hydrogens is 526 g/mol. The van der Waals surface area contributed by atoms with Crippen molar-refractivity contribution in [1.82, 2.24) is 4.98 Å². The molecule has 2 aliphatic heterocycles. The van der Waals surface area contributed by atoms with Crippen molar-refractivity contribution in [3.05, 3.63) is 41.5 Å². The topological polar surface area (TPSA) is 103 Å². The fourth-order valence-electron chi connectivity index (χ4n) is 5.55. The van der Waals surface area contributed by atoms with Gasteiger partial charge in [-0.05, 0) is 80.3 Å². The van der Waals surface area contributed by atoms with Gasteiger partial charge in [0.2, 0.25) is 0 Å². The third kappa shape index (κ3) is 6.35. The summed E-state index contributed by atoms with van der Waals surface area (Å²) in [4.78, 5) is 22.1. The Balaban J connectivity index is 1.40. The molecule has 8 nitrogen and oxygen atoms in total. The molecule has 0 radical (unpaired) electrons. The number of aliphatic hydroxyl groups excluding tert-OH is 1. The van der Waals surface area contributed by atoms with E-state index < -0.39 is 21.7 Å². The summed E-state index contributed by atoms with van der Waals surface area (Å²) in [5.74, 6) is -2.40. The zero-order valence-electron chi connectivity index (χ0n) is 22.3. The van der Waals surface area contributed by atoms with Gasteiger partial charge < -0.3 is 20.2 Å². The summed E-state index contributed by atoms with van der Waals surface area (Å²) in [5.41, 5.74) is 2.16. The number of nitrogens with zero attached hydrogens (tertiary/aromatic N) is 3. The third-order valence-corrected chi connectivity index (χ3v) is 10.1. The van der Waals surface area contributed by atoms with Crippen LogP contribution in [0.3, 0.4) is 0 Å². The van der Waals surface area contributed by atoms with E-state index in [1.54, 1.807) is 23.1 Å². The minimum atomic E-state index is -3.62. The van der Waals surface area contributed by atoms with E-state index in [1.807, 2.05) is 13.0 Å². The van der Waals surface area contributed by atoms with Gasteiger partial charge in [0, 0.05) is 45.6 Å². The SMILES string of the molecule is Cc1cc(NC(=O)c2ccc(S(=O)(=O)CCCO)cc2N2CCC3(CC2)CC3)nc(N2CCC(F)(F)CC2)c1. The Hall–Kier alpha value is -2.79. The number of alkyl halides is 2. The summed E-state index contributed by atoms with van der Waals surface area (Å²) < 4.78 is 53.1. The monoisotopic (exact) mass is 562 g/mol. The predicted octanol–water partition coefficient (Wildman–Crippen LogP) is 4.41. The minimum absolute atomic E-state index is 0.132. The van der Waals surface area contributed by atoms with Crippen molar-refractivity contribution in [2.45, 2.75) is 62.7 Å². The Labute approximate surface area is 228 Å². The van der Waals surface area contributed by atoms with E-state index in [9.17, 15) is 22.0 Å². The van der Waals surface area contributed by atoms with Gasteiger partial charge in [-0.25, -0.2) is 22.2 Å². The highest BCUT2D eigenvalue weighted by atomic mass is 32.2. The summed E-state index contributed by atoms with van der Waals surface area (Å²) in [7, 11) is -3.62. The molecule has 0 unspecified atom stereocenters. The maximum atomic E-state index is 13.7. The number of aliphatic hydroxyl groups is 1. The molecule has 0 bridgehead atoms. The quantitative estimate of drug-likeness (QED) is 0.491. The molecule has 212 valence electrons. The van der Waals surface area contributed by atoms with Crippen LogP contribution >= 0.6 is 0 Å². The fraction of sp³-hybridized carbons (Fsp3) is 0.571. The van der Waals surface area contributed by atoms with Crippen LogP contribution in [-0.4, -0.2) is 68.9 Å². The Morgan fingerprint density at radius 3 is 2.31 bits per heavy atom. The number of amides is 1. The lowest BCUT2D eigenvalue weighted by Crippen LogP contribution is -2.39. The molecule has 3 fully saturated rings. The molecule has 2 aromatic rings. The highest BCUT2D eigenvalue weighted by molar-refractivity contribution is 7.91. The van der Waals surface area contributed by atoms with Crippen molar-refractivity contribution in [3.63, 3.8) is 0 Å². The van der Waals surface area contributed by atoms with Gasteiger partial charge in [0.15, 0.2) is 9.84 Å². The van der Waals surface area contributed by atoms with Gasteiger partial charge in [0.1, 0.15) is 11.6 Å². The normalized spacial score (nSPS) is 20.2. The van der Waals surface area contributed by atoms with Crippen LogP contribution in [0.15, 0.2) is 35.2 Å². The number of halogens is 2. The number of piperidine rings is 2. The lowest BCUT2D eigenvalue weighted by Gasteiger charge is -2.35. The van der Waals surface area contributed by atoms with Gasteiger partial charge in [0.05, 0.1) is 21.9 Å². The highest BCUT2D eigenvalue weighted by Crippen LogP contribution is 2.54. The van der Waals surface area contributed by atoms with Crippen molar-refractivity contribution >= 4 is 33.1 Å². The largest absolute Gasteiger partial charge is 0.396 e. The summed E-state index contributed by atoms with van der Waals surface area (Å²) in [5, 5.41) is 12.0. The number of carbonyl (C=O) groups is 1. The first kappa shape index (κ1) is 27.8. The number of pyridine rings is 1. The Morgan fingerprint density at radius 2 is 1.67 bits per heavy atom. The van der Waals surface area contributed by atoms with Crippen molar-refractivity contribution in [2.24, 2.45) is 5.41 Å². The Kier molecular flexibility index (Phi) is 7.58. The molecular formula is C28H36F2N4O4S. The minimum Gasteiger partial charge on any atom is -0.396 e. The lowest BCUT2D eigenvalue weighted by atomic mass is 9.93. The molecule has 3 heterocycles. The second-order valence-corrected chi connectivity index (χ2v) is 13.4. The van der Waals surface area contributed by atoms with Gasteiger partial charge in [-0.15, -0.1) is 0 Å². The second kappa shape index (κ2) is 10.6. The van der Waals surface area contributed by atoms with Gasteiger partial charge >= 0.3 is 0 Å². The second-order valence-electron chi connectivity index (χ2n) is 11.2. The van der Waals surface area contributed by atoms with E-state index in [0.29, 0.717) is 28.3 Å². The van der Waals surface area contributed by atoms with Crippen LogP contribution in [0, 0.1) is 12.3 Å². The average Bonchev–Trinajstić information content (AvgIpc) is 3.65. The maximum absolute atomic E-state index is 13.7. The molecule has 0 atom stereocenters. The van der Waals surface area contributed by atoms with Crippen molar-refractivity contribution in [2.75, 3.05) is 53.7 Å². The molecule has 1 saturated carbocycles. The smallest absolute Gasteiger partial charge is 0.258 e. The van der Waals surface area contributed by atoms with E-state index >= 15 is 0 Å². The van der Waals surface area contributed by atoms with Crippen LogP contribution in [0.1, 0.15) is 60.9 Å². The van der Waals surface area contributed by atoms with Crippen LogP contribution in [0.25, 0.3) is 0 Å². The first-order chi connectivity index (χ1) is 18.5. The van der Waals surface area contributed by atoms with Gasteiger partial charge in [-0.3, -0.25) is 4.79 Å². The molecule has 11 heteroatoms. The number of nitrogens with one attached hydrogen (secondary N) is 1. The zero-order chi connectivity index (χ0) is 27.8. The lowest BCUT2D eigenvalue weighted by molar-refractivity contribution is -0.0221. The van der Waals surface area contributed by atoms with Crippen LogP contribution in [0.4, 0.5) is 26.1 Å². The molecule has 5 rings (SSSR count). The number of hydrogen-bond acceptors (Lipinski definition) is 7. The molecule has 1 spiro atoms. The van der Waals surface area contributed by atoms with Crippen LogP contribution < -0.4 is 15.1 Å². The van der Waals surface area contributed by atoms with Crippen molar-refractivity contribution < 1.29 is 27.1 Å². The van der Waals surface area contributed by atoms with Crippen molar-refractivity contribution in [1.29, 1.82) is 0 Å². The van der Waals surface area contributed by atoms with E-state index in [-0.39, 0.29) is 49.6 Å². The fourth-order valence-corrected chi connectivity index (χ4v) is 6.86. The first-order valence-corrected chi connectivity index (χ1v) is 15.3. The molecule has 1 aromatic heterocycles. The molecule has 1 aromatic carbocycles. The van der Waals surface area contributed by atoms with Crippen LogP contribution in [0.5, 0.6) is 0 Å². The van der Waals surface area contributed by atoms with Gasteiger partial charge in [0.25, 0.3) is 11.8 Å². The number of carbonyl (C=O) groups excluding carboxylic acids is 1. The van der Waals surface area contributed by atoms with E-state index in [4.69, 9.17) is 5.11 Å². The number of aromatic nitrogens is 1. The summed E-state index contributed by atoms with van der Waals surface area (Å²) >= 11 is 0. The molecule has 3 aliphatic rings. The standard InChI is InChI=1S/C28H36F2N4O4S/c1-20-17-24(31-25(18-20)34-13-9-28(29,30)10-14-34)32-26(36)22-4-3-21(39(37,38)16-2-15-35)19-23(22)33-11-7-27(5-6-27)8-12-33/h3-4,17-19,35H,2,5-16H2,1H3,(H,31,32,36). The molecule has 2 N–H and O–H groups in total. The molecule has 2 saturated heterocycles. The predicted molar refractivity (Wildman–Crippen MR) is 147 cm³/mol. The Bertz CT molecular complexity index is 1330. The van der Waals surface area contributed by atoms with Crippen molar-refractivity contribution in [3.8, 4) is 0 Å². The molecule has 1 amide bonds. The van der Waals surface area contributed by atoms with Gasteiger partial charge in [-0.1, -0.05) is 0 Å². The highest BCUT2D eigenvalue weighted by Gasteiger charge is 2.44. The zero-order valence-corrected chi connectivity index (χ0v) is 23.1. The van der Waals surface area contributed by atoms with Gasteiger partial charge in [-0.2, -0.15) is 0 Å². The van der Waals surface area contributed by atoms with Crippen LogP contribution in [-0.2, 0) is 9.84 Å². The summed E-state index contributed by atoms with van der Waals surface area (Å²) in [6.45, 7) is 3.50. The number of rotatable bonds is 8. The molecule has 39 heavy (non-hydrogen) atoms. The first-order valence-electron chi connectivity index (χ1n) is 13.6. The number of sulfone groups is 1. The Morgan fingerprint density at radius 1 is 1.00 bits per heavy atom. The summed E-state index contributed by atoms with van der Waals surface area (Å²) in [6.07, 6.45) is 4.12. The maximum Gasteiger partial charge on any atom is 0.258 e. The molecule has 1 aliphatic carbocycles. The number of hydrogen-bond donors (Lipinski definition) is 2. The van der Waals surface area contributed by atoms with Crippen LogP contribution in [0.2, 0.25) is 0 Å². The van der Waals surface area contributed by atoms with E-state index in [1.165, 1.54) is 18.9 Å². The third-order valence-electron chi connectivity index (χ3n) is 8.28. The van der Waals surface area contributed by atoms with E-state index in [2.05, 4.69) is 15.2 Å². The average molecular weight is 563 g/mol. The number of anilines is 3. The summed E-state index contributed by atoms with van der Waals surface area (Å²) in [6, 6.07) is 8.11.